The summed E-state index contributed by atoms with van der Waals surface area (Å²) < 4.78 is 20.6. The molecule has 3 aromatic rings. The van der Waals surface area contributed by atoms with Crippen molar-refractivity contribution in [3.05, 3.63) is 68.0 Å². The highest BCUT2D eigenvalue weighted by Gasteiger charge is 2.29. The topological polar surface area (TPSA) is 128 Å². The predicted octanol–water partition coefficient (Wildman–Crippen LogP) is 2.04. The number of H-pyrrole nitrogens is 1. The van der Waals surface area contributed by atoms with E-state index in [1.54, 1.807) is 24.3 Å². The second-order valence-corrected chi connectivity index (χ2v) is 6.56. The molecule has 158 valence electrons. The Hall–Kier alpha value is -3.59. The van der Waals surface area contributed by atoms with E-state index in [-0.39, 0.29) is 30.1 Å². The van der Waals surface area contributed by atoms with Gasteiger partial charge in [0.1, 0.15) is 18.1 Å². The van der Waals surface area contributed by atoms with E-state index in [2.05, 4.69) is 4.98 Å². The Morgan fingerprint density at radius 1 is 1.17 bits per heavy atom. The number of aromatic hydroxyl groups is 1. The number of methoxy groups -OCH3 is 3. The van der Waals surface area contributed by atoms with Crippen LogP contribution in [-0.4, -0.2) is 37.4 Å². The lowest BCUT2D eigenvalue weighted by Gasteiger charge is -2.17. The van der Waals surface area contributed by atoms with Gasteiger partial charge in [-0.15, -0.1) is 0 Å². The van der Waals surface area contributed by atoms with Gasteiger partial charge in [-0.25, -0.2) is 0 Å². The Morgan fingerprint density at radius 3 is 2.60 bits per heavy atom. The molecule has 0 aliphatic rings. The third kappa shape index (κ3) is 4.20. The molecule has 2 aromatic heterocycles. The van der Waals surface area contributed by atoms with Crippen molar-refractivity contribution in [3.8, 4) is 11.5 Å². The third-order valence-electron chi connectivity index (χ3n) is 4.66. The number of carbonyl (C=O) groups is 1. The molecule has 0 spiro atoms. The number of fused-ring (bicyclic) bond motifs is 1. The molecule has 0 fully saturated rings. The van der Waals surface area contributed by atoms with E-state index in [9.17, 15) is 19.5 Å². The Bertz CT molecular complexity index is 1190. The summed E-state index contributed by atoms with van der Waals surface area (Å²) in [5, 5.41) is 11.0. The summed E-state index contributed by atoms with van der Waals surface area (Å²) in [5.74, 6) is -1.90. The van der Waals surface area contributed by atoms with E-state index in [0.717, 1.165) is 6.07 Å². The van der Waals surface area contributed by atoms with Crippen molar-refractivity contribution < 1.29 is 28.5 Å². The number of pyridine rings is 1. The maximum Gasteiger partial charge on any atom is 0.306 e. The number of hydrogen-bond acceptors (Lipinski definition) is 8. The van der Waals surface area contributed by atoms with Crippen LogP contribution in [0.5, 0.6) is 11.5 Å². The average Bonchev–Trinajstić information content (AvgIpc) is 2.74. The van der Waals surface area contributed by atoms with Crippen molar-refractivity contribution in [1.82, 2.24) is 4.98 Å². The Morgan fingerprint density at radius 2 is 1.93 bits per heavy atom. The van der Waals surface area contributed by atoms with Gasteiger partial charge in [-0.3, -0.25) is 14.4 Å². The molecule has 0 aliphatic heterocycles. The van der Waals surface area contributed by atoms with Crippen LogP contribution in [0.25, 0.3) is 10.9 Å². The van der Waals surface area contributed by atoms with Gasteiger partial charge in [-0.2, -0.15) is 0 Å². The van der Waals surface area contributed by atoms with Gasteiger partial charge < -0.3 is 28.7 Å². The quantitative estimate of drug-likeness (QED) is 0.561. The molecule has 30 heavy (non-hydrogen) atoms. The highest BCUT2D eigenvalue weighted by Crippen LogP contribution is 2.33. The van der Waals surface area contributed by atoms with Crippen LogP contribution in [-0.2, 0) is 20.9 Å². The van der Waals surface area contributed by atoms with Crippen molar-refractivity contribution in [2.24, 2.45) is 0 Å². The minimum atomic E-state index is -1.07. The highest BCUT2D eigenvalue weighted by atomic mass is 16.5. The maximum absolute atomic E-state index is 12.8. The van der Waals surface area contributed by atoms with Crippen LogP contribution in [0.15, 0.2) is 44.3 Å². The third-order valence-corrected chi connectivity index (χ3v) is 4.66. The lowest BCUT2D eigenvalue weighted by atomic mass is 9.92. The molecule has 2 heterocycles. The average molecular weight is 415 g/mol. The number of aromatic amines is 1. The van der Waals surface area contributed by atoms with Crippen molar-refractivity contribution >= 4 is 16.9 Å². The number of carbonyl (C=O) groups excluding carboxylic acids is 1. The van der Waals surface area contributed by atoms with Gasteiger partial charge >= 0.3 is 5.97 Å². The van der Waals surface area contributed by atoms with Crippen LogP contribution in [0.1, 0.15) is 29.4 Å². The van der Waals surface area contributed by atoms with Crippen molar-refractivity contribution in [2.75, 3.05) is 21.3 Å². The standard InChI is InChI=1S/C21H21NO8/c1-27-10-13-8-17(23)19(25)20(30-13)14(9-18(24)29-3)15-7-11-6-12(28-2)4-5-16(11)22-21(15)26/h4-8,14,25H,9-10H2,1-3H3,(H,22,26)/t14-/m1/s1. The van der Waals surface area contributed by atoms with Crippen LogP contribution >= 0.6 is 0 Å². The molecule has 0 saturated carbocycles. The number of ether oxygens (including phenoxy) is 3. The SMILES string of the molecule is COCc1cc(=O)c(O)c([C@H](CC(=O)OC)c2cc3cc(OC)ccc3[nH]c2=O)o1. The number of aromatic nitrogens is 1. The normalized spacial score (nSPS) is 12.0. The molecule has 0 saturated heterocycles. The van der Waals surface area contributed by atoms with Crippen LogP contribution in [0.2, 0.25) is 0 Å². The number of rotatable bonds is 7. The van der Waals surface area contributed by atoms with Gasteiger partial charge in [0, 0.05) is 29.6 Å². The van der Waals surface area contributed by atoms with Crippen molar-refractivity contribution in [3.63, 3.8) is 0 Å². The van der Waals surface area contributed by atoms with Gasteiger partial charge in [0.25, 0.3) is 5.56 Å². The van der Waals surface area contributed by atoms with Crippen LogP contribution in [0, 0.1) is 0 Å². The van der Waals surface area contributed by atoms with Gasteiger partial charge in [-0.1, -0.05) is 0 Å². The second kappa shape index (κ2) is 8.83. The first-order chi connectivity index (χ1) is 14.4. The van der Waals surface area contributed by atoms with Crippen molar-refractivity contribution in [1.29, 1.82) is 0 Å². The Labute approximate surface area is 170 Å². The molecule has 0 bridgehead atoms. The smallest absolute Gasteiger partial charge is 0.306 e. The molecule has 9 nitrogen and oxygen atoms in total. The number of hydrogen-bond donors (Lipinski definition) is 2. The fourth-order valence-electron chi connectivity index (χ4n) is 3.19. The lowest BCUT2D eigenvalue weighted by Crippen LogP contribution is -2.21. The molecule has 2 N–H and O–H groups in total. The lowest BCUT2D eigenvalue weighted by molar-refractivity contribution is -0.140. The zero-order valence-corrected chi connectivity index (χ0v) is 16.7. The monoisotopic (exact) mass is 415 g/mol. The Balaban J connectivity index is 2.25. The fraction of sp³-hybridized carbons (Fsp3) is 0.286. The summed E-state index contributed by atoms with van der Waals surface area (Å²) >= 11 is 0. The van der Waals surface area contributed by atoms with E-state index in [1.165, 1.54) is 21.3 Å². The summed E-state index contributed by atoms with van der Waals surface area (Å²) in [6.07, 6.45) is -0.331. The van der Waals surface area contributed by atoms with Gasteiger partial charge in [-0.05, 0) is 24.3 Å². The van der Waals surface area contributed by atoms with Crippen LogP contribution in [0.4, 0.5) is 0 Å². The van der Waals surface area contributed by atoms with Gasteiger partial charge in [0.2, 0.25) is 11.2 Å². The zero-order chi connectivity index (χ0) is 21.8. The summed E-state index contributed by atoms with van der Waals surface area (Å²) in [5.41, 5.74) is -0.535. The summed E-state index contributed by atoms with van der Waals surface area (Å²) in [6.45, 7) is -0.0290. The van der Waals surface area contributed by atoms with E-state index in [0.29, 0.717) is 16.7 Å². The first-order valence-electron chi connectivity index (χ1n) is 9.00. The van der Waals surface area contributed by atoms with Crippen LogP contribution in [0.3, 0.4) is 0 Å². The van der Waals surface area contributed by atoms with Crippen molar-refractivity contribution in [2.45, 2.75) is 18.9 Å². The van der Waals surface area contributed by atoms with E-state index in [1.807, 2.05) is 0 Å². The molecular weight excluding hydrogens is 394 g/mol. The number of benzene rings is 1. The fourth-order valence-corrected chi connectivity index (χ4v) is 3.19. The minimum Gasteiger partial charge on any atom is -0.502 e. The van der Waals surface area contributed by atoms with Crippen LogP contribution < -0.4 is 15.7 Å². The molecule has 3 rings (SSSR count). The molecular formula is C21H21NO8. The molecule has 0 radical (unpaired) electrons. The summed E-state index contributed by atoms with van der Waals surface area (Å²) in [7, 11) is 4.13. The number of nitrogens with one attached hydrogen (secondary N) is 1. The van der Waals surface area contributed by atoms with E-state index < -0.39 is 28.6 Å². The largest absolute Gasteiger partial charge is 0.502 e. The Kier molecular flexibility index (Phi) is 6.22. The zero-order valence-electron chi connectivity index (χ0n) is 16.7. The molecule has 1 aromatic carbocycles. The second-order valence-electron chi connectivity index (χ2n) is 6.56. The number of esters is 1. The highest BCUT2D eigenvalue weighted by molar-refractivity contribution is 5.81. The summed E-state index contributed by atoms with van der Waals surface area (Å²) in [6, 6.07) is 7.75. The first-order valence-corrected chi connectivity index (χ1v) is 9.00. The van der Waals surface area contributed by atoms with E-state index in [4.69, 9.17) is 18.6 Å². The van der Waals surface area contributed by atoms with Gasteiger partial charge in [0.15, 0.2) is 5.76 Å². The van der Waals surface area contributed by atoms with Gasteiger partial charge in [0.05, 0.1) is 26.6 Å². The predicted molar refractivity (Wildman–Crippen MR) is 107 cm³/mol. The molecule has 0 unspecified atom stereocenters. The minimum absolute atomic E-state index is 0.0290. The summed E-state index contributed by atoms with van der Waals surface area (Å²) in [4.78, 5) is 39.8. The molecule has 0 amide bonds. The molecule has 1 atom stereocenters. The maximum atomic E-state index is 12.8. The van der Waals surface area contributed by atoms with E-state index >= 15 is 0 Å². The first kappa shape index (κ1) is 21.1. The molecule has 9 heteroatoms. The molecule has 0 aliphatic carbocycles.